The number of fused-ring (bicyclic) bond motifs is 1. The molecule has 2 heterocycles. The van der Waals surface area contributed by atoms with Crippen LogP contribution in [0.5, 0.6) is 0 Å². The van der Waals surface area contributed by atoms with E-state index >= 15 is 0 Å². The van der Waals surface area contributed by atoms with E-state index in [2.05, 4.69) is 20.0 Å². The molecule has 0 atom stereocenters. The van der Waals surface area contributed by atoms with Crippen molar-refractivity contribution in [3.05, 3.63) is 77.8 Å². The van der Waals surface area contributed by atoms with Gasteiger partial charge in [-0.3, -0.25) is 14.7 Å². The van der Waals surface area contributed by atoms with Crippen LogP contribution in [0.25, 0.3) is 16.7 Å². The number of hydrogen-bond acceptors (Lipinski definition) is 5. The minimum Gasteiger partial charge on any atom is -0.453 e. The van der Waals surface area contributed by atoms with Crippen LogP contribution in [0, 0.1) is 18.6 Å². The average Bonchev–Trinajstić information content (AvgIpc) is 3.25. The number of ether oxygens (including phenoxy) is 1. The van der Waals surface area contributed by atoms with Crippen molar-refractivity contribution in [3.63, 3.8) is 0 Å². The second-order valence-corrected chi connectivity index (χ2v) is 7.26. The van der Waals surface area contributed by atoms with E-state index in [4.69, 9.17) is 0 Å². The summed E-state index contributed by atoms with van der Waals surface area (Å²) in [5, 5.41) is 2.47. The number of halogens is 2. The maximum atomic E-state index is 13.6. The first-order valence-corrected chi connectivity index (χ1v) is 9.80. The first kappa shape index (κ1) is 21.9. The quantitative estimate of drug-likeness (QED) is 0.495. The van der Waals surface area contributed by atoms with Crippen LogP contribution in [0.2, 0.25) is 0 Å². The summed E-state index contributed by atoms with van der Waals surface area (Å²) >= 11 is 0. The molecule has 0 fully saturated rings. The molecule has 0 aliphatic carbocycles. The predicted octanol–water partition coefficient (Wildman–Crippen LogP) is 4.46. The molecule has 1 N–H and O–H groups in total. The fraction of sp³-hybridized carbons (Fsp3) is 0.130. The Hall–Kier alpha value is -4.34. The maximum absolute atomic E-state index is 13.6. The van der Waals surface area contributed by atoms with E-state index in [9.17, 15) is 18.4 Å². The molecule has 0 radical (unpaired) electrons. The van der Waals surface area contributed by atoms with Crippen LogP contribution < -0.4 is 10.2 Å². The lowest BCUT2D eigenvalue weighted by molar-refractivity contribution is 0.0993. The number of rotatable bonds is 4. The zero-order chi connectivity index (χ0) is 23.7. The van der Waals surface area contributed by atoms with E-state index in [1.165, 1.54) is 25.1 Å². The molecule has 2 aromatic heterocycles. The molecule has 0 aliphatic rings. The largest absolute Gasteiger partial charge is 0.453 e. The van der Waals surface area contributed by atoms with Gasteiger partial charge in [-0.25, -0.2) is 23.5 Å². The zero-order valence-electron chi connectivity index (χ0n) is 18.0. The lowest BCUT2D eigenvalue weighted by Gasteiger charge is -2.18. The van der Waals surface area contributed by atoms with Crippen molar-refractivity contribution < 1.29 is 23.1 Å². The van der Waals surface area contributed by atoms with E-state index in [0.29, 0.717) is 28.1 Å². The third-order valence-corrected chi connectivity index (χ3v) is 5.13. The summed E-state index contributed by atoms with van der Waals surface area (Å²) in [4.78, 5) is 34.3. The van der Waals surface area contributed by atoms with Crippen molar-refractivity contribution in [2.75, 3.05) is 24.4 Å². The van der Waals surface area contributed by atoms with Crippen molar-refractivity contribution in [2.45, 2.75) is 6.92 Å². The van der Waals surface area contributed by atoms with Gasteiger partial charge in [0.2, 0.25) is 0 Å². The van der Waals surface area contributed by atoms with Crippen LogP contribution in [-0.4, -0.2) is 40.7 Å². The van der Waals surface area contributed by atoms with Gasteiger partial charge in [0.1, 0.15) is 12.1 Å². The molecule has 10 heteroatoms. The fourth-order valence-electron chi connectivity index (χ4n) is 3.38. The monoisotopic (exact) mass is 451 g/mol. The Kier molecular flexibility index (Phi) is 5.74. The molecule has 33 heavy (non-hydrogen) atoms. The third-order valence-electron chi connectivity index (χ3n) is 5.13. The number of nitrogens with zero attached hydrogens (tertiary/aromatic N) is 4. The normalized spacial score (nSPS) is 10.8. The fourth-order valence-corrected chi connectivity index (χ4v) is 3.38. The van der Waals surface area contributed by atoms with E-state index in [1.54, 1.807) is 41.4 Å². The Morgan fingerprint density at radius 3 is 2.52 bits per heavy atom. The minimum absolute atomic E-state index is 0.225. The molecule has 2 aromatic carbocycles. The summed E-state index contributed by atoms with van der Waals surface area (Å²) in [6, 6.07) is 9.99. The SMILES string of the molecule is COC(=O)Nc1ccc(-n2cnc3c(C)cc(C(=O)N(C)c4ccc(F)c(F)c4)cc32)cn1. The molecule has 4 rings (SSSR count). The number of benzene rings is 2. The molecule has 4 aromatic rings. The van der Waals surface area contributed by atoms with Gasteiger partial charge in [0.25, 0.3) is 5.91 Å². The average molecular weight is 451 g/mol. The number of hydrogen-bond donors (Lipinski definition) is 1. The van der Waals surface area contributed by atoms with Crippen molar-refractivity contribution in [1.29, 1.82) is 0 Å². The van der Waals surface area contributed by atoms with Crippen LogP contribution in [-0.2, 0) is 4.74 Å². The van der Waals surface area contributed by atoms with Gasteiger partial charge < -0.3 is 9.64 Å². The first-order chi connectivity index (χ1) is 15.8. The highest BCUT2D eigenvalue weighted by Crippen LogP contribution is 2.25. The standard InChI is InChI=1S/C23H19F2N5O3/c1-13-8-14(22(31)29(2)15-4-6-17(24)18(25)10-15)9-19-21(13)27-12-30(19)16-5-7-20(26-11-16)28-23(32)33-3/h4-12H,1-3H3,(H,26,28,32). The van der Waals surface area contributed by atoms with Gasteiger partial charge in [-0.2, -0.15) is 0 Å². The predicted molar refractivity (Wildman–Crippen MR) is 119 cm³/mol. The summed E-state index contributed by atoms with van der Waals surface area (Å²) in [5.41, 5.74) is 3.36. The summed E-state index contributed by atoms with van der Waals surface area (Å²) < 4.78 is 33.2. The molecule has 2 amide bonds. The van der Waals surface area contributed by atoms with Gasteiger partial charge in [0.05, 0.1) is 30.0 Å². The molecule has 0 spiro atoms. The topological polar surface area (TPSA) is 89.3 Å². The lowest BCUT2D eigenvalue weighted by Crippen LogP contribution is -2.26. The third kappa shape index (κ3) is 4.22. The second kappa shape index (κ2) is 8.65. The van der Waals surface area contributed by atoms with Crippen LogP contribution in [0.3, 0.4) is 0 Å². The molecular formula is C23H19F2N5O3. The van der Waals surface area contributed by atoms with E-state index in [-0.39, 0.29) is 5.69 Å². The second-order valence-electron chi connectivity index (χ2n) is 7.26. The van der Waals surface area contributed by atoms with Crippen LogP contribution in [0.15, 0.2) is 55.0 Å². The van der Waals surface area contributed by atoms with Crippen molar-refractivity contribution >= 4 is 34.5 Å². The molecule has 8 nitrogen and oxygen atoms in total. The first-order valence-electron chi connectivity index (χ1n) is 9.80. The highest BCUT2D eigenvalue weighted by molar-refractivity contribution is 6.07. The molecule has 168 valence electrons. The van der Waals surface area contributed by atoms with Gasteiger partial charge in [-0.05, 0) is 48.9 Å². The van der Waals surface area contributed by atoms with E-state index in [1.807, 2.05) is 6.92 Å². The number of pyridine rings is 1. The number of carbonyl (C=O) groups is 2. The van der Waals surface area contributed by atoms with Crippen molar-refractivity contribution in [3.8, 4) is 5.69 Å². The number of anilines is 2. The highest BCUT2D eigenvalue weighted by Gasteiger charge is 2.18. The number of nitrogens with one attached hydrogen (secondary N) is 1. The van der Waals surface area contributed by atoms with Gasteiger partial charge in [0, 0.05) is 24.4 Å². The Balaban J connectivity index is 1.69. The van der Waals surface area contributed by atoms with Crippen LogP contribution >= 0.6 is 0 Å². The van der Waals surface area contributed by atoms with E-state index in [0.717, 1.165) is 17.7 Å². The number of imidazole rings is 1. The molecule has 0 saturated carbocycles. The number of amides is 2. The van der Waals surface area contributed by atoms with Gasteiger partial charge in [-0.15, -0.1) is 0 Å². The molecule has 0 bridgehead atoms. The smallest absolute Gasteiger partial charge is 0.412 e. The molecule has 0 unspecified atom stereocenters. The van der Waals surface area contributed by atoms with E-state index < -0.39 is 23.6 Å². The highest BCUT2D eigenvalue weighted by atomic mass is 19.2. The summed E-state index contributed by atoms with van der Waals surface area (Å²) in [6.45, 7) is 1.83. The van der Waals surface area contributed by atoms with Crippen molar-refractivity contribution in [2.24, 2.45) is 0 Å². The summed E-state index contributed by atoms with van der Waals surface area (Å²) in [6.07, 6.45) is 2.52. The Morgan fingerprint density at radius 2 is 1.85 bits per heavy atom. The van der Waals surface area contributed by atoms with Gasteiger partial charge in [-0.1, -0.05) is 0 Å². The van der Waals surface area contributed by atoms with Crippen molar-refractivity contribution in [1.82, 2.24) is 14.5 Å². The van der Waals surface area contributed by atoms with Crippen LogP contribution in [0.1, 0.15) is 15.9 Å². The number of aromatic nitrogens is 3. The number of carbonyl (C=O) groups excluding carboxylic acids is 2. The summed E-state index contributed by atoms with van der Waals surface area (Å²) in [5.74, 6) is -2.10. The minimum atomic E-state index is -1.03. The Bertz CT molecular complexity index is 1370. The van der Waals surface area contributed by atoms with Gasteiger partial charge >= 0.3 is 6.09 Å². The number of aryl methyl sites for hydroxylation is 1. The molecule has 0 aliphatic heterocycles. The molecular weight excluding hydrogens is 432 g/mol. The lowest BCUT2D eigenvalue weighted by atomic mass is 10.1. The zero-order valence-corrected chi connectivity index (χ0v) is 18.0. The Morgan fingerprint density at radius 1 is 1.06 bits per heavy atom. The molecule has 0 saturated heterocycles. The van der Waals surface area contributed by atoms with Gasteiger partial charge in [0.15, 0.2) is 11.6 Å². The Labute approximate surface area is 187 Å². The van der Waals surface area contributed by atoms with Crippen LogP contribution in [0.4, 0.5) is 25.1 Å². The maximum Gasteiger partial charge on any atom is 0.412 e. The summed E-state index contributed by atoms with van der Waals surface area (Å²) in [7, 11) is 2.75. The number of methoxy groups -OCH3 is 1.